The summed E-state index contributed by atoms with van der Waals surface area (Å²) in [6.45, 7) is 8.64. The highest BCUT2D eigenvalue weighted by Gasteiger charge is 2.18. The Hall–Kier alpha value is -1.32. The summed E-state index contributed by atoms with van der Waals surface area (Å²) < 4.78 is 0. The van der Waals surface area contributed by atoms with Gasteiger partial charge in [-0.3, -0.25) is 0 Å². The quantitative estimate of drug-likeness (QED) is 0.849. The van der Waals surface area contributed by atoms with Gasteiger partial charge in [0.05, 0.1) is 0 Å². The van der Waals surface area contributed by atoms with Gasteiger partial charge in [-0.15, -0.1) is 0 Å². The molecule has 1 heterocycles. The van der Waals surface area contributed by atoms with Gasteiger partial charge in [0, 0.05) is 25.7 Å². The summed E-state index contributed by atoms with van der Waals surface area (Å²) in [6, 6.07) is 0.428. The first kappa shape index (κ1) is 12.7. The first-order valence-corrected chi connectivity index (χ1v) is 5.74. The first-order valence-electron chi connectivity index (χ1n) is 5.74. The minimum absolute atomic E-state index is 0.403. The molecule has 1 aromatic heterocycles. The van der Waals surface area contributed by atoms with E-state index in [1.54, 1.807) is 6.33 Å². The molecular weight excluding hydrogens is 200 g/mol. The molecule has 90 valence electrons. The SMILES string of the molecule is CNc1ncnc(N(C)C(C)C)c1C(C)C. The zero-order chi connectivity index (χ0) is 12.3. The van der Waals surface area contributed by atoms with Crippen LogP contribution in [0.2, 0.25) is 0 Å². The van der Waals surface area contributed by atoms with Crippen LogP contribution in [0.4, 0.5) is 11.6 Å². The molecule has 0 fully saturated rings. The lowest BCUT2D eigenvalue weighted by Crippen LogP contribution is -2.28. The van der Waals surface area contributed by atoms with Crippen molar-refractivity contribution in [3.8, 4) is 0 Å². The third kappa shape index (κ3) is 2.43. The van der Waals surface area contributed by atoms with E-state index in [9.17, 15) is 0 Å². The fourth-order valence-electron chi connectivity index (χ4n) is 1.64. The lowest BCUT2D eigenvalue weighted by molar-refractivity contribution is 0.724. The van der Waals surface area contributed by atoms with Crippen LogP contribution < -0.4 is 10.2 Å². The fraction of sp³-hybridized carbons (Fsp3) is 0.667. The third-order valence-electron chi connectivity index (χ3n) is 2.79. The molecule has 4 nitrogen and oxygen atoms in total. The molecule has 0 aromatic carbocycles. The van der Waals surface area contributed by atoms with E-state index in [0.29, 0.717) is 12.0 Å². The van der Waals surface area contributed by atoms with Crippen molar-refractivity contribution in [3.05, 3.63) is 11.9 Å². The molecule has 16 heavy (non-hydrogen) atoms. The van der Waals surface area contributed by atoms with Crippen LogP contribution in [0.25, 0.3) is 0 Å². The summed E-state index contributed by atoms with van der Waals surface area (Å²) in [4.78, 5) is 10.9. The topological polar surface area (TPSA) is 41.1 Å². The Morgan fingerprint density at radius 2 is 1.81 bits per heavy atom. The molecule has 0 unspecified atom stereocenters. The standard InChI is InChI=1S/C12H22N4/c1-8(2)10-11(13-5)14-7-15-12(10)16(6)9(3)4/h7-9H,1-6H3,(H,13,14,15). The normalized spacial score (nSPS) is 11.0. The van der Waals surface area contributed by atoms with E-state index < -0.39 is 0 Å². The second-order valence-corrected chi connectivity index (χ2v) is 4.57. The van der Waals surface area contributed by atoms with Crippen molar-refractivity contribution >= 4 is 11.6 Å². The Bertz CT molecular complexity index is 347. The number of aromatic nitrogens is 2. The molecule has 0 saturated carbocycles. The number of rotatable bonds is 4. The number of nitrogens with zero attached hydrogens (tertiary/aromatic N) is 3. The zero-order valence-corrected chi connectivity index (χ0v) is 11.1. The molecule has 0 saturated heterocycles. The van der Waals surface area contributed by atoms with Gasteiger partial charge >= 0.3 is 0 Å². The minimum Gasteiger partial charge on any atom is -0.373 e. The van der Waals surface area contributed by atoms with Crippen molar-refractivity contribution in [1.82, 2.24) is 9.97 Å². The van der Waals surface area contributed by atoms with Crippen molar-refractivity contribution in [2.24, 2.45) is 0 Å². The molecule has 0 aliphatic carbocycles. The average molecular weight is 222 g/mol. The van der Waals surface area contributed by atoms with Crippen molar-refractivity contribution < 1.29 is 0 Å². The molecule has 0 amide bonds. The largest absolute Gasteiger partial charge is 0.373 e. The van der Waals surface area contributed by atoms with Crippen LogP contribution >= 0.6 is 0 Å². The highest BCUT2D eigenvalue weighted by Crippen LogP contribution is 2.30. The zero-order valence-electron chi connectivity index (χ0n) is 11.1. The molecule has 1 aromatic rings. The molecule has 1 rings (SSSR count). The Balaban J connectivity index is 3.27. The molecule has 0 aliphatic rings. The van der Waals surface area contributed by atoms with Crippen molar-refractivity contribution in [3.63, 3.8) is 0 Å². The van der Waals surface area contributed by atoms with Gasteiger partial charge in [0.15, 0.2) is 0 Å². The maximum Gasteiger partial charge on any atom is 0.137 e. The van der Waals surface area contributed by atoms with Gasteiger partial charge in [-0.05, 0) is 19.8 Å². The first-order chi connectivity index (χ1) is 7.49. The Morgan fingerprint density at radius 1 is 1.19 bits per heavy atom. The number of nitrogens with one attached hydrogen (secondary N) is 1. The van der Waals surface area contributed by atoms with Gasteiger partial charge in [-0.1, -0.05) is 13.8 Å². The van der Waals surface area contributed by atoms with Crippen LogP contribution in [0.1, 0.15) is 39.2 Å². The van der Waals surface area contributed by atoms with Crippen LogP contribution in [0.5, 0.6) is 0 Å². The number of anilines is 2. The van der Waals surface area contributed by atoms with E-state index in [1.165, 1.54) is 5.56 Å². The van der Waals surface area contributed by atoms with Crippen molar-refractivity contribution in [1.29, 1.82) is 0 Å². The summed E-state index contributed by atoms with van der Waals surface area (Å²) in [5.74, 6) is 2.34. The Kier molecular flexibility index (Phi) is 4.10. The summed E-state index contributed by atoms with van der Waals surface area (Å²) in [5.41, 5.74) is 1.18. The van der Waals surface area contributed by atoms with Gasteiger partial charge in [0.1, 0.15) is 18.0 Å². The van der Waals surface area contributed by atoms with Crippen molar-refractivity contribution in [2.75, 3.05) is 24.3 Å². The monoisotopic (exact) mass is 222 g/mol. The van der Waals surface area contributed by atoms with E-state index in [0.717, 1.165) is 11.6 Å². The third-order valence-corrected chi connectivity index (χ3v) is 2.79. The lowest BCUT2D eigenvalue weighted by Gasteiger charge is -2.27. The van der Waals surface area contributed by atoms with Crippen LogP contribution in [-0.4, -0.2) is 30.1 Å². The lowest BCUT2D eigenvalue weighted by atomic mass is 10.0. The smallest absolute Gasteiger partial charge is 0.137 e. The molecule has 0 bridgehead atoms. The number of hydrogen-bond acceptors (Lipinski definition) is 4. The maximum absolute atomic E-state index is 4.40. The minimum atomic E-state index is 0.403. The molecule has 0 aliphatic heterocycles. The van der Waals surface area contributed by atoms with E-state index in [-0.39, 0.29) is 0 Å². The van der Waals surface area contributed by atoms with Gasteiger partial charge in [-0.25, -0.2) is 9.97 Å². The molecular formula is C12H22N4. The summed E-state index contributed by atoms with van der Waals surface area (Å²) in [7, 11) is 3.96. The van der Waals surface area contributed by atoms with Crippen LogP contribution in [0.15, 0.2) is 6.33 Å². The molecule has 0 radical (unpaired) electrons. The van der Waals surface area contributed by atoms with Gasteiger partial charge in [0.25, 0.3) is 0 Å². The highest BCUT2D eigenvalue weighted by atomic mass is 15.2. The summed E-state index contributed by atoms with van der Waals surface area (Å²) in [5, 5.41) is 3.13. The second kappa shape index (κ2) is 5.14. The summed E-state index contributed by atoms with van der Waals surface area (Å²) >= 11 is 0. The van der Waals surface area contributed by atoms with E-state index in [4.69, 9.17) is 0 Å². The highest BCUT2D eigenvalue weighted by molar-refractivity contribution is 5.60. The molecule has 1 N–H and O–H groups in total. The average Bonchev–Trinajstić information content (AvgIpc) is 2.26. The molecule has 0 atom stereocenters. The molecule has 4 heteroatoms. The second-order valence-electron chi connectivity index (χ2n) is 4.57. The molecule has 0 spiro atoms. The van der Waals surface area contributed by atoms with Gasteiger partial charge in [-0.2, -0.15) is 0 Å². The van der Waals surface area contributed by atoms with Gasteiger partial charge < -0.3 is 10.2 Å². The summed E-state index contributed by atoms with van der Waals surface area (Å²) in [6.07, 6.45) is 1.62. The Morgan fingerprint density at radius 3 is 2.25 bits per heavy atom. The number of hydrogen-bond donors (Lipinski definition) is 1. The van der Waals surface area contributed by atoms with Crippen LogP contribution in [0, 0.1) is 0 Å². The van der Waals surface area contributed by atoms with Crippen molar-refractivity contribution in [2.45, 2.75) is 39.7 Å². The van der Waals surface area contributed by atoms with E-state index in [2.05, 4.69) is 54.9 Å². The predicted octanol–water partition coefficient (Wildman–Crippen LogP) is 2.49. The van der Waals surface area contributed by atoms with Gasteiger partial charge in [0.2, 0.25) is 0 Å². The predicted molar refractivity (Wildman–Crippen MR) is 69.2 cm³/mol. The Labute approximate surface area is 98.1 Å². The fourth-order valence-corrected chi connectivity index (χ4v) is 1.64. The van der Waals surface area contributed by atoms with E-state index >= 15 is 0 Å². The maximum atomic E-state index is 4.40. The van der Waals surface area contributed by atoms with Crippen LogP contribution in [-0.2, 0) is 0 Å². The van der Waals surface area contributed by atoms with E-state index in [1.807, 2.05) is 7.05 Å². The van der Waals surface area contributed by atoms with Crippen LogP contribution in [0.3, 0.4) is 0 Å².